The molecule has 1 unspecified atom stereocenters. The maximum absolute atomic E-state index is 6.53. The van der Waals surface area contributed by atoms with E-state index in [1.807, 2.05) is 24.3 Å². The minimum atomic E-state index is -1.45. The van der Waals surface area contributed by atoms with Crippen LogP contribution >= 0.6 is 23.4 Å². The maximum atomic E-state index is 6.53. The van der Waals surface area contributed by atoms with E-state index in [2.05, 4.69) is 48.1 Å². The molecule has 0 N–H and O–H groups in total. The number of para-hydroxylation sites is 1. The van der Waals surface area contributed by atoms with Crippen molar-refractivity contribution in [1.82, 2.24) is 0 Å². The van der Waals surface area contributed by atoms with E-state index >= 15 is 0 Å². The molecule has 0 saturated heterocycles. The Morgan fingerprint density at radius 3 is 2.59 bits per heavy atom. The third kappa shape index (κ3) is 1.94. The lowest BCUT2D eigenvalue weighted by Crippen LogP contribution is -2.60. The highest BCUT2D eigenvalue weighted by molar-refractivity contribution is 8.52. The van der Waals surface area contributed by atoms with Crippen molar-refractivity contribution in [2.75, 3.05) is 6.26 Å². The Bertz CT molecular complexity index is 807. The molecule has 0 amide bonds. The highest BCUT2D eigenvalue weighted by Crippen LogP contribution is 2.40. The fourth-order valence-corrected chi connectivity index (χ4v) is 5.11. The Labute approximate surface area is 138 Å². The van der Waals surface area contributed by atoms with Gasteiger partial charge in [-0.05, 0) is 23.5 Å². The van der Waals surface area contributed by atoms with E-state index in [-0.39, 0.29) is 0 Å². The van der Waals surface area contributed by atoms with Crippen LogP contribution < -0.4 is 10.1 Å². The number of thioether (sulfide) groups is 1. The Morgan fingerprint density at radius 2 is 1.82 bits per heavy atom. The summed E-state index contributed by atoms with van der Waals surface area (Å²) in [6.45, 7) is 2.12. The molecule has 6 heteroatoms. The van der Waals surface area contributed by atoms with Crippen LogP contribution in [0.3, 0.4) is 0 Å². The molecule has 1 atom stereocenters. The molecular weight excluding hydrogens is 311 g/mol. The van der Waals surface area contributed by atoms with E-state index in [0.717, 1.165) is 26.9 Å². The zero-order chi connectivity index (χ0) is 15.2. The fraction of sp³-hybridized carbons (Fsp3) is 0.125. The first-order valence-corrected chi connectivity index (χ1v) is 9.28. The third-order valence-corrected chi connectivity index (χ3v) is 6.46. The molecule has 110 valence electrons. The number of hydrogen-bond donors (Lipinski definition) is 0. The summed E-state index contributed by atoms with van der Waals surface area (Å²) >= 11 is 3.39. The van der Waals surface area contributed by atoms with Crippen LogP contribution in [0.5, 0.6) is 5.75 Å². The van der Waals surface area contributed by atoms with Gasteiger partial charge in [-0.1, -0.05) is 47.9 Å². The lowest BCUT2D eigenvalue weighted by molar-refractivity contribution is -0.407. The predicted octanol–water partition coefficient (Wildman–Crippen LogP) is 3.13. The summed E-state index contributed by atoms with van der Waals surface area (Å²) in [6.07, 6.45) is 2.06. The minimum absolute atomic E-state index is 0.935. The molecule has 2 aliphatic rings. The van der Waals surface area contributed by atoms with Crippen LogP contribution in [-0.2, 0) is 0 Å². The summed E-state index contributed by atoms with van der Waals surface area (Å²) in [5.74, 6) is -0.513. The molecule has 2 aromatic rings. The van der Waals surface area contributed by atoms with Gasteiger partial charge >= 0.3 is 5.76 Å². The summed E-state index contributed by atoms with van der Waals surface area (Å²) < 4.78 is 9.65. The van der Waals surface area contributed by atoms with Crippen molar-refractivity contribution in [3.05, 3.63) is 60.2 Å². The van der Waals surface area contributed by atoms with Crippen molar-refractivity contribution in [1.29, 1.82) is 0 Å². The first-order valence-electron chi connectivity index (χ1n) is 7.17. The summed E-state index contributed by atoms with van der Waals surface area (Å²) in [6, 6.07) is 18.6. The Hall–Kier alpha value is -1.66. The number of nitrogens with zero attached hydrogens (tertiary/aromatic N) is 2. The van der Waals surface area contributed by atoms with Crippen molar-refractivity contribution < 1.29 is 9.25 Å². The zero-order valence-corrected chi connectivity index (χ0v) is 14.0. The molecule has 0 aromatic heterocycles. The van der Waals surface area contributed by atoms with E-state index in [1.54, 1.807) is 23.4 Å². The number of benzene rings is 2. The van der Waals surface area contributed by atoms with Gasteiger partial charge < -0.3 is 4.65 Å². The van der Waals surface area contributed by atoms with Crippen LogP contribution in [-0.4, -0.2) is 26.7 Å². The zero-order valence-electron chi connectivity index (χ0n) is 12.4. The van der Waals surface area contributed by atoms with Crippen molar-refractivity contribution in [2.24, 2.45) is 5.10 Å². The molecule has 0 spiro atoms. The van der Waals surface area contributed by atoms with Gasteiger partial charge in [-0.2, -0.15) is 11.6 Å². The van der Waals surface area contributed by atoms with Gasteiger partial charge in [0.2, 0.25) is 0 Å². The first-order chi connectivity index (χ1) is 10.7. The Balaban J connectivity index is 1.97. The third-order valence-electron chi connectivity index (χ3n) is 4.07. The van der Waals surface area contributed by atoms with E-state index in [9.17, 15) is 0 Å². The van der Waals surface area contributed by atoms with Crippen LogP contribution in [0.25, 0.3) is 0 Å². The second kappa shape index (κ2) is 5.21. The van der Waals surface area contributed by atoms with E-state index in [0.29, 0.717) is 0 Å². The molecule has 22 heavy (non-hydrogen) atoms. The van der Waals surface area contributed by atoms with Crippen LogP contribution in [0.15, 0.2) is 59.7 Å². The summed E-state index contributed by atoms with van der Waals surface area (Å²) in [4.78, 5) is 0. The van der Waals surface area contributed by atoms with Crippen molar-refractivity contribution >= 4 is 44.7 Å². The van der Waals surface area contributed by atoms with Crippen molar-refractivity contribution in [3.63, 3.8) is 0 Å². The second-order valence-electron chi connectivity index (χ2n) is 5.31. The molecule has 0 fully saturated rings. The monoisotopic (exact) mass is 326 g/mol. The summed E-state index contributed by atoms with van der Waals surface area (Å²) in [7, 11) is 0. The number of fused-ring (bicyclic) bond motifs is 2. The van der Waals surface area contributed by atoms with Gasteiger partial charge in [0.25, 0.3) is 0 Å². The van der Waals surface area contributed by atoms with E-state index < -0.39 is 5.76 Å². The van der Waals surface area contributed by atoms with Gasteiger partial charge in [-0.25, -0.2) is 4.60 Å². The molecule has 0 aliphatic carbocycles. The number of rotatable bonds is 1. The minimum Gasteiger partial charge on any atom is -0.644 e. The average molecular weight is 326 g/mol. The largest absolute Gasteiger partial charge is 0.644 e. The molecular formula is C16H15BN2OS2. The first kappa shape index (κ1) is 14.0. The topological polar surface area (TPSA) is 24.6 Å². The number of hydrazone groups is 1. The smallest absolute Gasteiger partial charge is 0.573 e. The molecule has 0 bridgehead atoms. The van der Waals surface area contributed by atoms with Crippen LogP contribution in [0, 0.1) is 0 Å². The lowest BCUT2D eigenvalue weighted by atomic mass is 9.69. The van der Waals surface area contributed by atoms with Gasteiger partial charge in [0, 0.05) is 6.92 Å². The van der Waals surface area contributed by atoms with Gasteiger partial charge in [0.15, 0.2) is 10.1 Å². The van der Waals surface area contributed by atoms with E-state index in [4.69, 9.17) is 9.76 Å². The molecule has 2 aliphatic heterocycles. The van der Waals surface area contributed by atoms with Crippen LogP contribution in [0.4, 0.5) is 0 Å². The normalized spacial score (nSPS) is 22.7. The maximum Gasteiger partial charge on any atom is 0.573 e. The molecule has 0 radical (unpaired) electrons. The average Bonchev–Trinajstić information content (AvgIpc) is 2.96. The molecule has 2 heterocycles. The number of hydrogen-bond acceptors (Lipinski definition) is 4. The van der Waals surface area contributed by atoms with Gasteiger partial charge in [-0.15, -0.1) is 11.8 Å². The Morgan fingerprint density at radius 1 is 1.09 bits per heavy atom. The SMILES string of the molecule is CSC1=N[N+]2=C(C)c3ccccc3O[B-]2(c2ccccc2)S1. The van der Waals surface area contributed by atoms with Gasteiger partial charge in [0.05, 0.1) is 11.3 Å². The van der Waals surface area contributed by atoms with Crippen LogP contribution in [0.2, 0.25) is 0 Å². The summed E-state index contributed by atoms with van der Waals surface area (Å²) in [5, 5.41) is 4.80. The quantitative estimate of drug-likeness (QED) is 0.753. The van der Waals surface area contributed by atoms with Crippen molar-refractivity contribution in [3.8, 4) is 5.75 Å². The van der Waals surface area contributed by atoms with E-state index in [1.165, 1.54) is 0 Å². The fourth-order valence-electron chi connectivity index (χ4n) is 3.00. The summed E-state index contributed by atoms with van der Waals surface area (Å²) in [5.41, 5.74) is 3.42. The predicted molar refractivity (Wildman–Crippen MR) is 97.5 cm³/mol. The second-order valence-corrected chi connectivity index (χ2v) is 7.63. The van der Waals surface area contributed by atoms with Crippen LogP contribution in [0.1, 0.15) is 12.5 Å². The van der Waals surface area contributed by atoms with Gasteiger partial charge in [0.1, 0.15) is 0 Å². The highest BCUT2D eigenvalue weighted by Gasteiger charge is 2.55. The highest BCUT2D eigenvalue weighted by atomic mass is 32.2. The van der Waals surface area contributed by atoms with Gasteiger partial charge in [-0.3, -0.25) is 0 Å². The Kier molecular flexibility index (Phi) is 3.31. The molecule has 4 rings (SSSR count). The standard InChI is InChI=1S/C16H15BN2OS2/c1-12-14-10-6-7-11-15(14)20-17(13-8-4-3-5-9-13)19(12)18-16(21-2)22-17/h3-11H,1-2H3. The molecule has 3 nitrogen and oxygen atoms in total. The van der Waals surface area contributed by atoms with Crippen molar-refractivity contribution in [2.45, 2.75) is 6.92 Å². The molecule has 2 aromatic carbocycles. The molecule has 0 saturated carbocycles. The lowest BCUT2D eigenvalue weighted by Gasteiger charge is -2.35.